The monoisotopic (exact) mass is 436 g/mol. The number of carbonyl (C=O) groups is 1. The quantitative estimate of drug-likeness (QED) is 0.671. The summed E-state index contributed by atoms with van der Waals surface area (Å²) < 4.78 is 18.4. The number of esters is 1. The number of nitriles is 1. The molecule has 0 radical (unpaired) electrons. The van der Waals surface area contributed by atoms with Crippen LogP contribution in [-0.2, 0) is 9.53 Å². The number of carbonyl (C=O) groups excluding carboxylic acids is 1. The smallest absolute Gasteiger partial charge is 0.327 e. The molecule has 0 bridgehead atoms. The van der Waals surface area contributed by atoms with Crippen LogP contribution in [-0.4, -0.2) is 68.2 Å². The summed E-state index contributed by atoms with van der Waals surface area (Å²) in [5.74, 6) is -0.609. The largest absolute Gasteiger partial charge is 0.468 e. The molecule has 0 amide bonds. The second-order valence-corrected chi connectivity index (χ2v) is 8.43. The molecule has 2 fully saturated rings. The molecule has 2 aromatic carbocycles. The minimum atomic E-state index is -0.491. The number of hydrogen-bond acceptors (Lipinski definition) is 6. The summed E-state index contributed by atoms with van der Waals surface area (Å²) in [5, 5.41) is 8.98. The van der Waals surface area contributed by atoms with Crippen molar-refractivity contribution in [3.05, 3.63) is 65.5 Å². The van der Waals surface area contributed by atoms with Gasteiger partial charge in [-0.1, -0.05) is 12.1 Å². The predicted molar refractivity (Wildman–Crippen MR) is 121 cm³/mol. The summed E-state index contributed by atoms with van der Waals surface area (Å²) in [4.78, 5) is 19.6. The SMILES string of the molecule is COC(=O)C(c1ccc(F)cc1)N1CCC(N2CCN(c3ccc(C#N)cc3)CC2)CC1. The van der Waals surface area contributed by atoms with Crippen LogP contribution in [0.2, 0.25) is 0 Å². The van der Waals surface area contributed by atoms with Crippen LogP contribution in [0.4, 0.5) is 10.1 Å². The van der Waals surface area contributed by atoms with Crippen LogP contribution in [0.25, 0.3) is 0 Å². The first kappa shape index (κ1) is 22.3. The third kappa shape index (κ3) is 4.93. The van der Waals surface area contributed by atoms with Gasteiger partial charge in [0, 0.05) is 51.0 Å². The Kier molecular flexibility index (Phi) is 7.03. The number of nitrogens with zero attached hydrogens (tertiary/aromatic N) is 4. The maximum Gasteiger partial charge on any atom is 0.327 e. The Morgan fingerprint density at radius 2 is 1.62 bits per heavy atom. The van der Waals surface area contributed by atoms with Gasteiger partial charge in [0.2, 0.25) is 0 Å². The summed E-state index contributed by atoms with van der Waals surface area (Å²) in [6.07, 6.45) is 1.98. The van der Waals surface area contributed by atoms with Crippen molar-refractivity contribution in [1.82, 2.24) is 9.80 Å². The zero-order chi connectivity index (χ0) is 22.5. The lowest BCUT2D eigenvalue weighted by atomic mass is 9.97. The molecule has 0 aliphatic carbocycles. The molecule has 4 rings (SSSR count). The van der Waals surface area contributed by atoms with Crippen molar-refractivity contribution < 1.29 is 13.9 Å². The molecule has 6 nitrogen and oxygen atoms in total. The molecule has 2 aromatic rings. The van der Waals surface area contributed by atoms with Gasteiger partial charge in [-0.25, -0.2) is 9.18 Å². The number of anilines is 1. The fourth-order valence-electron chi connectivity index (χ4n) is 4.85. The lowest BCUT2D eigenvalue weighted by molar-refractivity contribution is -0.148. The number of rotatable bonds is 5. The number of benzene rings is 2. The average Bonchev–Trinajstić information content (AvgIpc) is 2.86. The Labute approximate surface area is 188 Å². The van der Waals surface area contributed by atoms with Crippen LogP contribution in [0, 0.1) is 17.1 Å². The maximum absolute atomic E-state index is 13.4. The van der Waals surface area contributed by atoms with Gasteiger partial charge in [0.25, 0.3) is 0 Å². The summed E-state index contributed by atoms with van der Waals surface area (Å²) in [7, 11) is 1.40. The first-order valence-electron chi connectivity index (χ1n) is 11.2. The molecule has 0 saturated carbocycles. The van der Waals surface area contributed by atoms with E-state index in [1.54, 1.807) is 12.1 Å². The topological polar surface area (TPSA) is 59.8 Å². The van der Waals surface area contributed by atoms with Crippen LogP contribution >= 0.6 is 0 Å². The van der Waals surface area contributed by atoms with Gasteiger partial charge < -0.3 is 9.64 Å². The molecule has 0 N–H and O–H groups in total. The molecule has 2 aliphatic rings. The normalized spacial score (nSPS) is 19.3. The zero-order valence-corrected chi connectivity index (χ0v) is 18.4. The van der Waals surface area contributed by atoms with E-state index in [0.717, 1.165) is 57.7 Å². The molecule has 1 unspecified atom stereocenters. The minimum absolute atomic E-state index is 0.300. The average molecular weight is 437 g/mol. The van der Waals surface area contributed by atoms with Gasteiger partial charge in [-0.05, 0) is 54.8 Å². The van der Waals surface area contributed by atoms with Crippen molar-refractivity contribution in [3.63, 3.8) is 0 Å². The van der Waals surface area contributed by atoms with E-state index in [0.29, 0.717) is 11.6 Å². The molecule has 0 aromatic heterocycles. The number of piperazine rings is 1. The minimum Gasteiger partial charge on any atom is -0.468 e. The Hall–Kier alpha value is -2.95. The van der Waals surface area contributed by atoms with Gasteiger partial charge in [0.1, 0.15) is 11.9 Å². The van der Waals surface area contributed by atoms with Gasteiger partial charge in [0.15, 0.2) is 0 Å². The van der Waals surface area contributed by atoms with Crippen LogP contribution in [0.15, 0.2) is 48.5 Å². The first-order chi connectivity index (χ1) is 15.6. The highest BCUT2D eigenvalue weighted by Crippen LogP contribution is 2.28. The first-order valence-corrected chi connectivity index (χ1v) is 11.2. The molecule has 2 heterocycles. The second kappa shape index (κ2) is 10.1. The number of ether oxygens (including phenoxy) is 1. The summed E-state index contributed by atoms with van der Waals surface area (Å²) in [6.45, 7) is 5.54. The van der Waals surface area contributed by atoms with Crippen LogP contribution in [0.1, 0.15) is 30.0 Å². The third-order valence-corrected chi connectivity index (χ3v) is 6.67. The predicted octanol–water partition coefficient (Wildman–Crippen LogP) is 3.20. The summed E-state index contributed by atoms with van der Waals surface area (Å²) >= 11 is 0. The van der Waals surface area contributed by atoms with Crippen molar-refractivity contribution in [1.29, 1.82) is 5.26 Å². The van der Waals surface area contributed by atoms with Gasteiger partial charge in [-0.15, -0.1) is 0 Å². The molecule has 1 atom stereocenters. The Morgan fingerprint density at radius 1 is 1.00 bits per heavy atom. The maximum atomic E-state index is 13.4. The van der Waals surface area contributed by atoms with Crippen LogP contribution in [0.5, 0.6) is 0 Å². The number of hydrogen-bond donors (Lipinski definition) is 0. The molecule has 2 aliphatic heterocycles. The highest BCUT2D eigenvalue weighted by Gasteiger charge is 2.34. The van der Waals surface area contributed by atoms with Gasteiger partial charge in [0.05, 0.1) is 18.7 Å². The Balaban J connectivity index is 1.32. The van der Waals surface area contributed by atoms with Gasteiger partial charge in [-0.3, -0.25) is 9.80 Å². The van der Waals surface area contributed by atoms with E-state index in [-0.39, 0.29) is 11.8 Å². The fourth-order valence-corrected chi connectivity index (χ4v) is 4.85. The third-order valence-electron chi connectivity index (χ3n) is 6.67. The van der Waals surface area contributed by atoms with Crippen molar-refractivity contribution in [2.75, 3.05) is 51.3 Å². The zero-order valence-electron chi connectivity index (χ0n) is 18.4. The molecule has 168 valence electrons. The van der Waals surface area contributed by atoms with E-state index in [2.05, 4.69) is 20.8 Å². The Morgan fingerprint density at radius 3 is 2.19 bits per heavy atom. The van der Waals surface area contributed by atoms with E-state index < -0.39 is 6.04 Å². The fraction of sp³-hybridized carbons (Fsp3) is 0.440. The highest BCUT2D eigenvalue weighted by atomic mass is 19.1. The van der Waals surface area contributed by atoms with E-state index in [1.807, 2.05) is 24.3 Å². The molecular formula is C25H29FN4O2. The van der Waals surface area contributed by atoms with Crippen LogP contribution < -0.4 is 4.90 Å². The summed E-state index contributed by atoms with van der Waals surface area (Å²) in [6, 6.07) is 16.1. The number of piperidine rings is 1. The van der Waals surface area contributed by atoms with Gasteiger partial charge >= 0.3 is 5.97 Å². The number of likely N-dealkylation sites (tertiary alicyclic amines) is 1. The molecule has 2 saturated heterocycles. The lowest BCUT2D eigenvalue weighted by Gasteiger charge is -2.44. The van der Waals surface area contributed by atoms with Crippen molar-refractivity contribution >= 4 is 11.7 Å². The lowest BCUT2D eigenvalue weighted by Crippen LogP contribution is -2.54. The molecule has 32 heavy (non-hydrogen) atoms. The number of methoxy groups -OCH3 is 1. The Bertz CT molecular complexity index is 941. The summed E-state index contributed by atoms with van der Waals surface area (Å²) in [5.41, 5.74) is 2.62. The molecular weight excluding hydrogens is 407 g/mol. The standard InChI is InChI=1S/C25H29FN4O2/c1-32-25(31)24(20-4-6-21(26)7-5-20)30-12-10-23(11-13-30)29-16-14-28(15-17-29)22-8-2-19(18-27)3-9-22/h2-9,23-24H,10-17H2,1H3. The van der Waals surface area contributed by atoms with Crippen molar-refractivity contribution in [2.24, 2.45) is 0 Å². The number of halogens is 1. The van der Waals surface area contributed by atoms with E-state index >= 15 is 0 Å². The van der Waals surface area contributed by atoms with Gasteiger partial charge in [-0.2, -0.15) is 5.26 Å². The van der Waals surface area contributed by atoms with Crippen LogP contribution in [0.3, 0.4) is 0 Å². The molecule has 7 heteroatoms. The van der Waals surface area contributed by atoms with E-state index in [1.165, 1.54) is 24.9 Å². The molecule has 0 spiro atoms. The van der Waals surface area contributed by atoms with Crippen molar-refractivity contribution in [3.8, 4) is 6.07 Å². The second-order valence-electron chi connectivity index (χ2n) is 8.43. The highest BCUT2D eigenvalue weighted by molar-refractivity contribution is 5.77. The van der Waals surface area contributed by atoms with E-state index in [4.69, 9.17) is 10.00 Å². The van der Waals surface area contributed by atoms with E-state index in [9.17, 15) is 9.18 Å². The van der Waals surface area contributed by atoms with Crippen molar-refractivity contribution in [2.45, 2.75) is 24.9 Å².